The van der Waals surface area contributed by atoms with Crippen molar-refractivity contribution in [1.29, 1.82) is 0 Å². The third-order valence-electron chi connectivity index (χ3n) is 4.39. The molecule has 1 fully saturated rings. The number of nitrogens with one attached hydrogen (secondary N) is 1. The maximum absolute atomic E-state index is 3.67. The molecule has 0 bridgehead atoms. The summed E-state index contributed by atoms with van der Waals surface area (Å²) in [5.74, 6) is 0.957. The third kappa shape index (κ3) is 2.54. The van der Waals surface area contributed by atoms with Gasteiger partial charge in [-0.1, -0.05) is 31.5 Å². The molecule has 0 saturated carbocycles. The Morgan fingerprint density at radius 1 is 1.33 bits per heavy atom. The fraction of sp³-hybridized carbons (Fsp3) is 0.625. The number of rotatable bonds is 4. The number of hydrogen-bond donors (Lipinski definition) is 1. The fourth-order valence-electron chi connectivity index (χ4n) is 3.52. The number of likely N-dealkylation sites (tertiary alicyclic amines) is 1. The zero-order valence-electron chi connectivity index (χ0n) is 11.4. The van der Waals surface area contributed by atoms with E-state index in [1.165, 1.54) is 56.6 Å². The molecule has 18 heavy (non-hydrogen) atoms. The first-order valence-corrected chi connectivity index (χ1v) is 7.42. The van der Waals surface area contributed by atoms with Gasteiger partial charge in [-0.25, -0.2) is 0 Å². The van der Waals surface area contributed by atoms with Crippen LogP contribution in [0.2, 0.25) is 0 Å². The van der Waals surface area contributed by atoms with Crippen molar-refractivity contribution in [2.75, 3.05) is 25.0 Å². The highest BCUT2D eigenvalue weighted by Crippen LogP contribution is 2.27. The fourth-order valence-corrected chi connectivity index (χ4v) is 3.52. The molecule has 1 aromatic carbocycles. The summed E-state index contributed by atoms with van der Waals surface area (Å²) in [6, 6.07) is 9.37. The highest BCUT2D eigenvalue weighted by Gasteiger charge is 2.26. The average Bonchev–Trinajstić information content (AvgIpc) is 2.96. The first-order chi connectivity index (χ1) is 8.85. The minimum absolute atomic E-state index is 0.628. The van der Waals surface area contributed by atoms with Crippen LogP contribution in [0.1, 0.15) is 31.7 Å². The van der Waals surface area contributed by atoms with Crippen molar-refractivity contribution in [1.82, 2.24) is 4.90 Å². The van der Waals surface area contributed by atoms with Crippen molar-refractivity contribution in [3.8, 4) is 0 Å². The van der Waals surface area contributed by atoms with Gasteiger partial charge in [0.1, 0.15) is 0 Å². The number of benzene rings is 1. The lowest BCUT2D eigenvalue weighted by Gasteiger charge is -2.21. The Balaban J connectivity index is 1.51. The van der Waals surface area contributed by atoms with Crippen LogP contribution in [0.4, 0.5) is 5.69 Å². The molecule has 1 N–H and O–H groups in total. The second-order valence-electron chi connectivity index (χ2n) is 5.91. The minimum Gasteiger partial charge on any atom is -0.380 e. The SMILES string of the molecule is CCCC1CCN(C[C@@H]2Cc3ccccc3N2)C1. The Kier molecular flexibility index (Phi) is 3.55. The summed E-state index contributed by atoms with van der Waals surface area (Å²) in [5, 5.41) is 3.67. The lowest BCUT2D eigenvalue weighted by molar-refractivity contribution is 0.307. The van der Waals surface area contributed by atoms with E-state index in [2.05, 4.69) is 41.4 Å². The van der Waals surface area contributed by atoms with Crippen LogP contribution in [0.15, 0.2) is 24.3 Å². The number of hydrogen-bond acceptors (Lipinski definition) is 2. The van der Waals surface area contributed by atoms with E-state index >= 15 is 0 Å². The van der Waals surface area contributed by atoms with Gasteiger partial charge in [-0.05, 0) is 43.4 Å². The standard InChI is InChI=1S/C16H24N2/c1-2-5-13-8-9-18(11-13)12-15-10-14-6-3-4-7-16(14)17-15/h3-4,6-7,13,15,17H,2,5,8-12H2,1H3/t13?,15-/m0/s1. The van der Waals surface area contributed by atoms with Crippen LogP contribution < -0.4 is 5.32 Å². The third-order valence-corrected chi connectivity index (χ3v) is 4.39. The van der Waals surface area contributed by atoms with Crippen molar-refractivity contribution in [3.05, 3.63) is 29.8 Å². The highest BCUT2D eigenvalue weighted by atomic mass is 15.2. The van der Waals surface area contributed by atoms with Crippen LogP contribution >= 0.6 is 0 Å². The molecule has 0 radical (unpaired) electrons. The van der Waals surface area contributed by atoms with Gasteiger partial charge in [0.2, 0.25) is 0 Å². The summed E-state index contributed by atoms with van der Waals surface area (Å²) < 4.78 is 0. The summed E-state index contributed by atoms with van der Waals surface area (Å²) in [4.78, 5) is 2.66. The number of anilines is 1. The van der Waals surface area contributed by atoms with E-state index in [4.69, 9.17) is 0 Å². The van der Waals surface area contributed by atoms with Crippen LogP contribution in [0.3, 0.4) is 0 Å². The highest BCUT2D eigenvalue weighted by molar-refractivity contribution is 5.56. The first kappa shape index (κ1) is 12.0. The van der Waals surface area contributed by atoms with Crippen molar-refractivity contribution in [3.63, 3.8) is 0 Å². The van der Waals surface area contributed by atoms with Crippen LogP contribution in [-0.2, 0) is 6.42 Å². The normalized spacial score (nSPS) is 27.2. The Morgan fingerprint density at radius 2 is 2.22 bits per heavy atom. The van der Waals surface area contributed by atoms with E-state index in [-0.39, 0.29) is 0 Å². The molecule has 0 spiro atoms. The van der Waals surface area contributed by atoms with Gasteiger partial charge in [0.25, 0.3) is 0 Å². The smallest absolute Gasteiger partial charge is 0.0429 e. The van der Waals surface area contributed by atoms with Crippen molar-refractivity contribution in [2.24, 2.45) is 5.92 Å². The molecule has 1 aromatic rings. The molecule has 98 valence electrons. The minimum atomic E-state index is 0.628. The summed E-state index contributed by atoms with van der Waals surface area (Å²) in [6.45, 7) is 6.15. The molecule has 2 aliphatic rings. The largest absolute Gasteiger partial charge is 0.380 e. The van der Waals surface area contributed by atoms with Gasteiger partial charge in [0, 0.05) is 24.8 Å². The predicted molar refractivity (Wildman–Crippen MR) is 77.0 cm³/mol. The molecule has 2 heteroatoms. The van der Waals surface area contributed by atoms with Gasteiger partial charge in [0.15, 0.2) is 0 Å². The van der Waals surface area contributed by atoms with E-state index in [9.17, 15) is 0 Å². The van der Waals surface area contributed by atoms with Gasteiger partial charge < -0.3 is 10.2 Å². The van der Waals surface area contributed by atoms with E-state index < -0.39 is 0 Å². The van der Waals surface area contributed by atoms with E-state index in [1.54, 1.807) is 0 Å². The molecule has 0 aliphatic carbocycles. The zero-order chi connectivity index (χ0) is 12.4. The van der Waals surface area contributed by atoms with Crippen LogP contribution in [-0.4, -0.2) is 30.6 Å². The van der Waals surface area contributed by atoms with Crippen LogP contribution in [0.25, 0.3) is 0 Å². The monoisotopic (exact) mass is 244 g/mol. The van der Waals surface area contributed by atoms with E-state index in [1.807, 2.05) is 0 Å². The quantitative estimate of drug-likeness (QED) is 0.875. The van der Waals surface area contributed by atoms with Crippen molar-refractivity contribution >= 4 is 5.69 Å². The van der Waals surface area contributed by atoms with Gasteiger partial charge in [-0.3, -0.25) is 0 Å². The van der Waals surface area contributed by atoms with Gasteiger partial charge in [-0.15, -0.1) is 0 Å². The average molecular weight is 244 g/mol. The maximum atomic E-state index is 3.67. The summed E-state index contributed by atoms with van der Waals surface area (Å²) in [5.41, 5.74) is 2.85. The number of nitrogens with zero attached hydrogens (tertiary/aromatic N) is 1. The second kappa shape index (κ2) is 5.31. The van der Waals surface area contributed by atoms with Gasteiger partial charge in [-0.2, -0.15) is 0 Å². The number of para-hydroxylation sites is 1. The van der Waals surface area contributed by atoms with Gasteiger partial charge in [0.05, 0.1) is 0 Å². The Morgan fingerprint density at radius 3 is 3.06 bits per heavy atom. The zero-order valence-corrected chi connectivity index (χ0v) is 11.4. The lowest BCUT2D eigenvalue weighted by Crippen LogP contribution is -2.34. The van der Waals surface area contributed by atoms with Crippen molar-refractivity contribution in [2.45, 2.75) is 38.6 Å². The maximum Gasteiger partial charge on any atom is 0.0429 e. The predicted octanol–water partition coefficient (Wildman–Crippen LogP) is 3.15. The van der Waals surface area contributed by atoms with Crippen LogP contribution in [0, 0.1) is 5.92 Å². The lowest BCUT2D eigenvalue weighted by atomic mass is 10.0. The molecule has 2 heterocycles. The molecule has 0 amide bonds. The summed E-state index contributed by atoms with van der Waals surface area (Å²) in [6.07, 6.45) is 5.36. The van der Waals surface area contributed by atoms with Crippen molar-refractivity contribution < 1.29 is 0 Å². The van der Waals surface area contributed by atoms with Crippen LogP contribution in [0.5, 0.6) is 0 Å². The summed E-state index contributed by atoms with van der Waals surface area (Å²) >= 11 is 0. The number of fused-ring (bicyclic) bond motifs is 1. The summed E-state index contributed by atoms with van der Waals surface area (Å²) in [7, 11) is 0. The molecule has 2 atom stereocenters. The Labute approximate surface area is 110 Å². The second-order valence-corrected chi connectivity index (χ2v) is 5.91. The Bertz CT molecular complexity index is 377. The molecule has 0 aromatic heterocycles. The topological polar surface area (TPSA) is 15.3 Å². The van der Waals surface area contributed by atoms with E-state index in [0.29, 0.717) is 6.04 Å². The molecule has 2 aliphatic heterocycles. The molecule has 1 unspecified atom stereocenters. The first-order valence-electron chi connectivity index (χ1n) is 7.42. The molecular formula is C16H24N2. The Hall–Kier alpha value is -1.02. The molecule has 1 saturated heterocycles. The molecule has 3 rings (SSSR count). The van der Waals surface area contributed by atoms with E-state index in [0.717, 1.165) is 5.92 Å². The molecule has 2 nitrogen and oxygen atoms in total. The van der Waals surface area contributed by atoms with Gasteiger partial charge >= 0.3 is 0 Å². The molecular weight excluding hydrogens is 220 g/mol.